The van der Waals surface area contributed by atoms with Crippen LogP contribution >= 0.6 is 0 Å². The Morgan fingerprint density at radius 1 is 0.489 bits per heavy atom. The number of carboxylic acid groups (broad SMARTS) is 3. The summed E-state index contributed by atoms with van der Waals surface area (Å²) < 4.78 is 0. The first kappa shape index (κ1) is 79.2. The fraction of sp³-hybridized carbons (Fsp3) is 0.698. The van der Waals surface area contributed by atoms with Crippen molar-refractivity contribution >= 4 is 94.8 Å². The molecule has 0 aromatic rings. The molecule has 37 heteroatoms. The standard InChI is InChI=1S/C53H91N17O20/c1-25(2)40(51(89)65-30(12-9-19-58-53(56)57)45(83)59-21-36(73)70-20-10-13-35(70)50(88)60-22-39(78)79)69-52(90)41(26(3)4)68-43(81)28(6)62-48(86)33(23-71)67-49(87)34(24-72)66-42(80)27(5)61-46(84)31(14-16-37(74)75)64-47(85)32(15-17-38(76)77)63-44(82)29(55)11-7-8-18-54/h25-35,40-41,71-72H,7-24,54-55H2,1-6H3,(H,59,83)(H,60,88)(H,61,84)(H,62,86)(H,63,82)(H,64,85)(H,65,89)(H,66,80)(H,67,87)(H,68,81)(H,69,90)(H,74,75)(H,76,77)(H,78,79)(H4,56,57,58)/t27-,28-,29-,30-,31-,32-,33-,34-,35-,40-,41-/m0/s1. The normalized spacial score (nSPS) is 16.0. The predicted octanol–water partition coefficient (Wildman–Crippen LogP) is -8.77. The zero-order valence-electron chi connectivity index (χ0n) is 51.3. The maximum atomic E-state index is 13.9. The Morgan fingerprint density at radius 2 is 0.922 bits per heavy atom. The molecule has 1 rings (SSSR count). The molecule has 1 aliphatic heterocycles. The first-order chi connectivity index (χ1) is 42.2. The highest BCUT2D eigenvalue weighted by Crippen LogP contribution is 2.18. The lowest BCUT2D eigenvalue weighted by Gasteiger charge is -2.29. The van der Waals surface area contributed by atoms with Crippen molar-refractivity contribution in [1.29, 1.82) is 0 Å². The zero-order chi connectivity index (χ0) is 68.5. The van der Waals surface area contributed by atoms with Gasteiger partial charge in [0.25, 0.3) is 0 Å². The lowest BCUT2D eigenvalue weighted by atomic mass is 9.98. The van der Waals surface area contributed by atoms with Gasteiger partial charge < -0.3 is 112 Å². The van der Waals surface area contributed by atoms with Gasteiger partial charge in [-0.1, -0.05) is 34.1 Å². The number of nitrogens with one attached hydrogen (secondary N) is 11. The van der Waals surface area contributed by atoms with Gasteiger partial charge in [0.05, 0.1) is 25.8 Å². The summed E-state index contributed by atoms with van der Waals surface area (Å²) in [7, 11) is 0. The summed E-state index contributed by atoms with van der Waals surface area (Å²) in [6.07, 6.45) is -0.465. The number of aliphatic carboxylic acids is 3. The molecule has 24 N–H and O–H groups in total. The summed E-state index contributed by atoms with van der Waals surface area (Å²) in [5, 5.41) is 73.4. The predicted molar refractivity (Wildman–Crippen MR) is 315 cm³/mol. The molecule has 90 heavy (non-hydrogen) atoms. The van der Waals surface area contributed by atoms with E-state index in [1.165, 1.54) is 11.8 Å². The number of aliphatic hydroxyl groups is 2. The molecular weight excluding hydrogens is 1190 g/mol. The molecule has 1 heterocycles. The second kappa shape index (κ2) is 40.7. The molecule has 37 nitrogen and oxygen atoms in total. The molecule has 0 saturated carbocycles. The summed E-state index contributed by atoms with van der Waals surface area (Å²) in [5.41, 5.74) is 22.3. The molecule has 508 valence electrons. The van der Waals surface area contributed by atoms with Crippen LogP contribution in [0.25, 0.3) is 0 Å². The average Bonchev–Trinajstić information content (AvgIpc) is 2.16. The van der Waals surface area contributed by atoms with E-state index in [1.54, 1.807) is 27.7 Å². The second-order valence-corrected chi connectivity index (χ2v) is 21.9. The highest BCUT2D eigenvalue weighted by atomic mass is 16.4. The Kier molecular flexibility index (Phi) is 35.8. The molecule has 0 aliphatic carbocycles. The molecule has 0 aromatic carbocycles. The largest absolute Gasteiger partial charge is 0.481 e. The second-order valence-electron chi connectivity index (χ2n) is 21.9. The molecule has 0 unspecified atom stereocenters. The van der Waals surface area contributed by atoms with E-state index in [2.05, 4.69) is 63.5 Å². The van der Waals surface area contributed by atoms with Gasteiger partial charge in [-0.3, -0.25) is 76.9 Å². The van der Waals surface area contributed by atoms with E-state index < -0.39 is 219 Å². The van der Waals surface area contributed by atoms with Crippen LogP contribution in [0.15, 0.2) is 4.99 Å². The number of likely N-dealkylation sites (tertiary alicyclic amines) is 1. The number of nitrogens with two attached hydrogens (primary N) is 4. The van der Waals surface area contributed by atoms with Crippen LogP contribution in [-0.4, -0.2) is 238 Å². The van der Waals surface area contributed by atoms with Crippen molar-refractivity contribution in [2.24, 2.45) is 39.8 Å². The number of nitrogens with zero attached hydrogens (tertiary/aromatic N) is 2. The van der Waals surface area contributed by atoms with Crippen molar-refractivity contribution in [3.05, 3.63) is 0 Å². The first-order valence-electron chi connectivity index (χ1n) is 29.2. The first-order valence-corrected chi connectivity index (χ1v) is 29.2. The monoisotopic (exact) mass is 1290 g/mol. The Hall–Kier alpha value is -8.84. The molecule has 0 aromatic heterocycles. The van der Waals surface area contributed by atoms with E-state index in [0.29, 0.717) is 25.8 Å². The maximum Gasteiger partial charge on any atom is 0.322 e. The number of hydrogen-bond acceptors (Lipinski definition) is 20. The number of rotatable bonds is 42. The lowest BCUT2D eigenvalue weighted by molar-refractivity contribution is -0.141. The molecule has 11 atom stereocenters. The summed E-state index contributed by atoms with van der Waals surface area (Å²) >= 11 is 0. The van der Waals surface area contributed by atoms with E-state index >= 15 is 0 Å². The summed E-state index contributed by atoms with van der Waals surface area (Å²) in [4.78, 5) is 199. The number of hydrogen-bond donors (Lipinski definition) is 20. The number of carbonyl (C=O) groups excluding carboxylic acids is 12. The van der Waals surface area contributed by atoms with Crippen molar-refractivity contribution in [2.75, 3.05) is 45.9 Å². The number of guanidine groups is 1. The van der Waals surface area contributed by atoms with E-state index in [1.807, 2.05) is 0 Å². The Labute approximate surface area is 518 Å². The number of amides is 12. The van der Waals surface area contributed by atoms with Crippen LogP contribution in [0.3, 0.4) is 0 Å². The number of carboxylic acids is 3. The number of aliphatic hydroxyl groups excluding tert-OH is 2. The van der Waals surface area contributed by atoms with Gasteiger partial charge in [0.15, 0.2) is 5.96 Å². The molecule has 0 spiro atoms. The highest BCUT2D eigenvalue weighted by molar-refractivity contribution is 5.99. The topological polar surface area (TPSA) is 609 Å². The van der Waals surface area contributed by atoms with Gasteiger partial charge in [-0.05, 0) is 83.6 Å². The Balaban J connectivity index is 3.11. The number of carbonyl (C=O) groups is 15. The van der Waals surface area contributed by atoms with E-state index in [-0.39, 0.29) is 44.7 Å². The van der Waals surface area contributed by atoms with Gasteiger partial charge in [0.2, 0.25) is 70.9 Å². The third kappa shape index (κ3) is 29.0. The van der Waals surface area contributed by atoms with Gasteiger partial charge >= 0.3 is 17.9 Å². The maximum absolute atomic E-state index is 13.9. The van der Waals surface area contributed by atoms with E-state index in [4.69, 9.17) is 28.0 Å². The van der Waals surface area contributed by atoms with Gasteiger partial charge in [-0.25, -0.2) is 0 Å². The number of aliphatic imine (C=N–C) groups is 1. The fourth-order valence-corrected chi connectivity index (χ4v) is 8.61. The molecule has 1 aliphatic rings. The third-order valence-electron chi connectivity index (χ3n) is 13.8. The number of unbranched alkanes of at least 4 members (excludes halogenated alkanes) is 1. The van der Waals surface area contributed by atoms with Crippen LogP contribution in [0.4, 0.5) is 0 Å². The molecule has 12 amide bonds. The average molecular weight is 1290 g/mol. The van der Waals surface area contributed by atoms with Crippen molar-refractivity contribution in [1.82, 2.24) is 63.4 Å². The summed E-state index contributed by atoms with van der Waals surface area (Å²) in [6.45, 7) is 5.50. The molecule has 1 fully saturated rings. The Bertz CT molecular complexity index is 2550. The van der Waals surface area contributed by atoms with Crippen LogP contribution < -0.4 is 81.4 Å². The van der Waals surface area contributed by atoms with Crippen LogP contribution in [0.2, 0.25) is 0 Å². The Morgan fingerprint density at radius 3 is 1.41 bits per heavy atom. The fourth-order valence-electron chi connectivity index (χ4n) is 8.61. The van der Waals surface area contributed by atoms with Crippen LogP contribution in [0.5, 0.6) is 0 Å². The minimum absolute atomic E-state index is 0.0301. The molecular formula is C53H91N17O20. The summed E-state index contributed by atoms with van der Waals surface area (Å²) in [5.74, 6) is -17.2. The van der Waals surface area contributed by atoms with Crippen molar-refractivity contribution < 1.29 is 97.5 Å². The van der Waals surface area contributed by atoms with Crippen LogP contribution in [0, 0.1) is 11.8 Å². The van der Waals surface area contributed by atoms with Crippen molar-refractivity contribution in [3.63, 3.8) is 0 Å². The van der Waals surface area contributed by atoms with Gasteiger partial charge in [0, 0.05) is 25.9 Å². The third-order valence-corrected chi connectivity index (χ3v) is 13.8. The van der Waals surface area contributed by atoms with E-state index in [0.717, 1.165) is 6.92 Å². The van der Waals surface area contributed by atoms with Crippen molar-refractivity contribution in [3.8, 4) is 0 Å². The van der Waals surface area contributed by atoms with Crippen molar-refractivity contribution in [2.45, 2.75) is 179 Å². The van der Waals surface area contributed by atoms with Crippen LogP contribution in [0.1, 0.15) is 112 Å². The minimum Gasteiger partial charge on any atom is -0.481 e. The smallest absolute Gasteiger partial charge is 0.322 e. The van der Waals surface area contributed by atoms with Gasteiger partial charge in [-0.15, -0.1) is 0 Å². The highest BCUT2D eigenvalue weighted by Gasteiger charge is 2.38. The lowest BCUT2D eigenvalue weighted by Crippen LogP contribution is -2.61. The minimum atomic E-state index is -1.87. The molecule has 0 radical (unpaired) electrons. The summed E-state index contributed by atoms with van der Waals surface area (Å²) in [6, 6.07) is -16.3. The molecule has 0 bridgehead atoms. The van der Waals surface area contributed by atoms with Gasteiger partial charge in [0.1, 0.15) is 67.0 Å². The molecule has 1 saturated heterocycles. The van der Waals surface area contributed by atoms with Crippen LogP contribution in [-0.2, 0) is 71.9 Å². The van der Waals surface area contributed by atoms with E-state index in [9.17, 15) is 92.3 Å². The van der Waals surface area contributed by atoms with Gasteiger partial charge in [-0.2, -0.15) is 0 Å². The zero-order valence-corrected chi connectivity index (χ0v) is 51.3. The SMILES string of the molecule is CC(C)[C@H](NC(=O)[C@H](C)NC(=O)[C@H](CO)NC(=O)[C@H](CO)NC(=O)[C@H](C)NC(=O)[C@H](CCC(=O)O)NC(=O)[C@H](CCC(=O)O)NC(=O)[C@@H](N)CCCCN)C(=O)N[C@H](C(=O)N[C@@H](CCCN=C(N)N)C(=O)NCC(=O)N1CCC[C@H]1C(=O)NCC(=O)O)C(C)C. The quantitative estimate of drug-likeness (QED) is 0.0153.